The fourth-order valence-corrected chi connectivity index (χ4v) is 12.7. The molecule has 0 heterocycles. The smallest absolute Gasteiger partial charge is 0.462 e. The van der Waals surface area contributed by atoms with Gasteiger partial charge in [-0.1, -0.05) is 319 Å². The van der Waals surface area contributed by atoms with Crippen LogP contribution < -0.4 is 0 Å². The van der Waals surface area contributed by atoms with Gasteiger partial charge in [0.15, 0.2) is 12.2 Å². The Kier molecular flexibility index (Phi) is 62.2. The number of phosphoric acid groups is 2. The zero-order chi connectivity index (χ0) is 68.9. The monoisotopic (exact) mass is 1370 g/mol. The van der Waals surface area contributed by atoms with Gasteiger partial charge in [0.2, 0.25) is 0 Å². The van der Waals surface area contributed by atoms with Gasteiger partial charge in [-0.3, -0.25) is 37.3 Å². The number of carbonyl (C=O) groups excluding carboxylic acids is 4. The second-order valence-electron chi connectivity index (χ2n) is 28.1. The van der Waals surface area contributed by atoms with E-state index in [1.54, 1.807) is 0 Å². The largest absolute Gasteiger partial charge is 0.472 e. The van der Waals surface area contributed by atoms with Crippen LogP contribution in [0.5, 0.6) is 0 Å². The van der Waals surface area contributed by atoms with Gasteiger partial charge in [0.25, 0.3) is 0 Å². The lowest BCUT2D eigenvalue weighted by Gasteiger charge is -2.21. The molecule has 0 aromatic rings. The summed E-state index contributed by atoms with van der Waals surface area (Å²) in [6.07, 6.45) is 47.3. The van der Waals surface area contributed by atoms with Gasteiger partial charge < -0.3 is 33.8 Å². The summed E-state index contributed by atoms with van der Waals surface area (Å²) in [5, 5.41) is 10.6. The standard InChI is InChI=1S/C74H144O17P2/c1-9-66(7)52-44-36-28-22-19-20-23-29-38-46-54-71(76)84-60-69(90-73(78)56-48-40-30-24-18-16-14-12-11-13-15-17-21-26-34-42-50-64(3)4)62-88-92(80,81)86-58-68(75)59-87-93(82,83)89-63-70(91-74(79)57-49-41-31-25-27-35-43-51-65(5)6)61-85-72(77)55-47-39-33-32-37-45-53-67(8)10-2/h64-70,75H,9-63H2,1-8H3,(H,80,81)(H,82,83)/t66?,67?,68-,69-,70-/m1/s1. The maximum absolute atomic E-state index is 13.1. The van der Waals surface area contributed by atoms with Crippen molar-refractivity contribution in [2.75, 3.05) is 39.6 Å². The number of carbonyl (C=O) groups is 4. The van der Waals surface area contributed by atoms with Crippen molar-refractivity contribution in [3.63, 3.8) is 0 Å². The first kappa shape index (κ1) is 91.1. The van der Waals surface area contributed by atoms with Crippen LogP contribution in [-0.4, -0.2) is 96.7 Å². The molecule has 7 atom stereocenters. The van der Waals surface area contributed by atoms with E-state index in [1.807, 2.05) is 0 Å². The van der Waals surface area contributed by atoms with Crippen LogP contribution in [0.3, 0.4) is 0 Å². The molecule has 0 bridgehead atoms. The number of ether oxygens (including phenoxy) is 4. The predicted octanol–water partition coefficient (Wildman–Crippen LogP) is 21.3. The van der Waals surface area contributed by atoms with Crippen molar-refractivity contribution >= 4 is 39.5 Å². The maximum Gasteiger partial charge on any atom is 0.472 e. The summed E-state index contributed by atoms with van der Waals surface area (Å²) in [4.78, 5) is 72.7. The number of hydrogen-bond donors (Lipinski definition) is 3. The second kappa shape index (κ2) is 63.5. The van der Waals surface area contributed by atoms with E-state index in [2.05, 4.69) is 55.4 Å². The number of esters is 4. The van der Waals surface area contributed by atoms with Gasteiger partial charge in [0.1, 0.15) is 19.3 Å². The molecule has 0 aliphatic carbocycles. The molecule has 0 aromatic carbocycles. The fourth-order valence-electron chi connectivity index (χ4n) is 11.1. The Morgan fingerprint density at radius 2 is 0.516 bits per heavy atom. The van der Waals surface area contributed by atoms with Crippen molar-refractivity contribution in [3.8, 4) is 0 Å². The molecule has 0 saturated heterocycles. The Morgan fingerprint density at radius 3 is 0.763 bits per heavy atom. The van der Waals surface area contributed by atoms with Gasteiger partial charge in [0, 0.05) is 25.7 Å². The highest BCUT2D eigenvalue weighted by atomic mass is 31.2. The third-order valence-electron chi connectivity index (χ3n) is 17.8. The predicted molar refractivity (Wildman–Crippen MR) is 377 cm³/mol. The highest BCUT2D eigenvalue weighted by molar-refractivity contribution is 7.47. The topological polar surface area (TPSA) is 237 Å². The Labute approximate surface area is 568 Å². The van der Waals surface area contributed by atoms with Gasteiger partial charge in [-0.15, -0.1) is 0 Å². The van der Waals surface area contributed by atoms with Crippen molar-refractivity contribution in [3.05, 3.63) is 0 Å². The lowest BCUT2D eigenvalue weighted by molar-refractivity contribution is -0.161. The molecule has 93 heavy (non-hydrogen) atoms. The van der Waals surface area contributed by atoms with E-state index >= 15 is 0 Å². The first-order chi connectivity index (χ1) is 44.7. The van der Waals surface area contributed by atoms with Crippen molar-refractivity contribution in [1.29, 1.82) is 0 Å². The minimum absolute atomic E-state index is 0.102. The molecule has 0 spiro atoms. The van der Waals surface area contributed by atoms with Crippen LogP contribution >= 0.6 is 15.6 Å². The second-order valence-corrected chi connectivity index (χ2v) is 31.0. The third-order valence-corrected chi connectivity index (χ3v) is 19.7. The summed E-state index contributed by atoms with van der Waals surface area (Å²) in [6.45, 7) is 14.1. The summed E-state index contributed by atoms with van der Waals surface area (Å²) < 4.78 is 68.4. The van der Waals surface area contributed by atoms with Crippen LogP contribution in [-0.2, 0) is 65.4 Å². The van der Waals surface area contributed by atoms with Crippen molar-refractivity contribution in [2.45, 2.75) is 388 Å². The molecule has 0 radical (unpaired) electrons. The summed E-state index contributed by atoms with van der Waals surface area (Å²) in [7, 11) is -9.91. The SMILES string of the molecule is CCC(C)CCCCCCCCCCCCC(=O)OC[C@H](COP(=O)(O)OC[C@@H](O)COP(=O)(O)OC[C@@H](COC(=O)CCCCCCCCC(C)CC)OC(=O)CCCCCCCCCC(C)C)OC(=O)CCCCCCCCCCCCCCCCCCC(C)C. The van der Waals surface area contributed by atoms with E-state index < -0.39 is 97.5 Å². The molecular weight excluding hydrogens is 1220 g/mol. The van der Waals surface area contributed by atoms with Gasteiger partial charge in [-0.05, 0) is 49.4 Å². The Morgan fingerprint density at radius 1 is 0.301 bits per heavy atom. The van der Waals surface area contributed by atoms with Gasteiger partial charge >= 0.3 is 39.5 Å². The number of unbranched alkanes of at least 4 members (excludes halogenated alkanes) is 35. The molecule has 17 nitrogen and oxygen atoms in total. The molecule has 0 saturated carbocycles. The number of aliphatic hydroxyl groups is 1. The quantitative estimate of drug-likeness (QED) is 0.0222. The molecule has 0 aliphatic heterocycles. The minimum Gasteiger partial charge on any atom is -0.462 e. The van der Waals surface area contributed by atoms with Crippen LogP contribution in [0.4, 0.5) is 0 Å². The van der Waals surface area contributed by atoms with Gasteiger partial charge in [-0.2, -0.15) is 0 Å². The summed E-state index contributed by atoms with van der Waals surface area (Å²) in [5.41, 5.74) is 0. The van der Waals surface area contributed by atoms with Crippen LogP contribution in [0.15, 0.2) is 0 Å². The number of hydrogen-bond acceptors (Lipinski definition) is 15. The number of aliphatic hydroxyl groups excluding tert-OH is 1. The summed E-state index contributed by atoms with van der Waals surface area (Å²) in [6, 6.07) is 0. The Hall–Kier alpha value is -1.94. The van der Waals surface area contributed by atoms with Gasteiger partial charge in [0.05, 0.1) is 26.4 Å². The molecule has 552 valence electrons. The van der Waals surface area contributed by atoms with Crippen LogP contribution in [0.2, 0.25) is 0 Å². The van der Waals surface area contributed by atoms with E-state index in [1.165, 1.54) is 167 Å². The lowest BCUT2D eigenvalue weighted by Crippen LogP contribution is -2.30. The fraction of sp³-hybridized carbons (Fsp3) is 0.946. The van der Waals surface area contributed by atoms with Crippen LogP contribution in [0.25, 0.3) is 0 Å². The summed E-state index contributed by atoms with van der Waals surface area (Å²) in [5.74, 6) is 0.918. The Bertz CT molecular complexity index is 1840. The molecular formula is C74H144O17P2. The lowest BCUT2D eigenvalue weighted by atomic mass is 9.99. The average Bonchev–Trinajstić information content (AvgIpc) is 2.43. The average molecular weight is 1370 g/mol. The van der Waals surface area contributed by atoms with Crippen molar-refractivity contribution in [1.82, 2.24) is 0 Å². The van der Waals surface area contributed by atoms with E-state index in [0.29, 0.717) is 31.6 Å². The van der Waals surface area contributed by atoms with E-state index in [4.69, 9.17) is 37.0 Å². The highest BCUT2D eigenvalue weighted by Crippen LogP contribution is 2.45. The number of phosphoric ester groups is 2. The summed E-state index contributed by atoms with van der Waals surface area (Å²) >= 11 is 0. The molecule has 0 rings (SSSR count). The van der Waals surface area contributed by atoms with E-state index in [0.717, 1.165) is 114 Å². The molecule has 19 heteroatoms. The molecule has 0 aromatic heterocycles. The van der Waals surface area contributed by atoms with Gasteiger partial charge in [-0.25, -0.2) is 9.13 Å². The zero-order valence-electron chi connectivity index (χ0n) is 60.9. The third kappa shape index (κ3) is 65.8. The maximum atomic E-state index is 13.1. The molecule has 0 fully saturated rings. The van der Waals surface area contributed by atoms with Crippen molar-refractivity contribution < 1.29 is 80.2 Å². The Balaban J connectivity index is 5.23. The van der Waals surface area contributed by atoms with E-state index in [9.17, 15) is 43.2 Å². The van der Waals surface area contributed by atoms with Crippen LogP contribution in [0, 0.1) is 23.7 Å². The molecule has 4 unspecified atom stereocenters. The first-order valence-electron chi connectivity index (χ1n) is 38.3. The normalized spacial score (nSPS) is 14.8. The molecule has 3 N–H and O–H groups in total. The first-order valence-corrected chi connectivity index (χ1v) is 41.3. The van der Waals surface area contributed by atoms with Crippen molar-refractivity contribution in [2.24, 2.45) is 23.7 Å². The minimum atomic E-state index is -4.96. The molecule has 0 amide bonds. The zero-order valence-corrected chi connectivity index (χ0v) is 62.7. The highest BCUT2D eigenvalue weighted by Gasteiger charge is 2.30. The number of rotatable bonds is 71. The van der Waals surface area contributed by atoms with E-state index in [-0.39, 0.29) is 25.7 Å². The van der Waals surface area contributed by atoms with Crippen LogP contribution in [0.1, 0.15) is 370 Å². The molecule has 0 aliphatic rings.